The third-order valence-electron chi connectivity index (χ3n) is 3.44. The number of ketones is 2. The first-order valence-corrected chi connectivity index (χ1v) is 8.19. The minimum atomic E-state index is -1.69. The molecule has 1 aromatic carbocycles. The van der Waals surface area contributed by atoms with Crippen molar-refractivity contribution < 1.29 is 19.1 Å². The summed E-state index contributed by atoms with van der Waals surface area (Å²) < 4.78 is 3.04. The highest BCUT2D eigenvalue weighted by molar-refractivity contribution is 6.67. The van der Waals surface area contributed by atoms with Crippen molar-refractivity contribution in [3.05, 3.63) is 47.0 Å². The molecule has 1 N–H and O–H groups in total. The van der Waals surface area contributed by atoms with Crippen LogP contribution in [0.2, 0.25) is 0 Å². The van der Waals surface area contributed by atoms with Crippen LogP contribution in [0.3, 0.4) is 0 Å². The maximum atomic E-state index is 12.5. The van der Waals surface area contributed by atoms with Gasteiger partial charge in [-0.2, -0.15) is 0 Å². The Morgan fingerprint density at radius 2 is 1.83 bits per heavy atom. The average molecular weight is 391 g/mol. The average Bonchev–Trinajstić information content (AvgIpc) is 2.53. The van der Waals surface area contributed by atoms with E-state index in [-0.39, 0.29) is 24.0 Å². The summed E-state index contributed by atoms with van der Waals surface area (Å²) in [5, 5.41) is 2.47. The molecule has 1 aliphatic carbocycles. The van der Waals surface area contributed by atoms with Gasteiger partial charge < -0.3 is 10.1 Å². The van der Waals surface area contributed by atoms with E-state index in [9.17, 15) is 14.4 Å². The van der Waals surface area contributed by atoms with Gasteiger partial charge in [0, 0.05) is 29.2 Å². The van der Waals surface area contributed by atoms with Crippen LogP contribution >= 0.6 is 34.8 Å². The Morgan fingerprint density at radius 3 is 2.46 bits per heavy atom. The summed E-state index contributed by atoms with van der Waals surface area (Å²) in [7, 11) is 0. The topological polar surface area (TPSA) is 72.5 Å². The number of amides is 1. The van der Waals surface area contributed by atoms with Crippen LogP contribution in [0.1, 0.15) is 27.6 Å². The number of carbonyl (C=O) groups excluding carboxylic acids is 3. The molecule has 128 valence electrons. The minimum Gasteiger partial charge on any atom is -0.445 e. The highest BCUT2D eigenvalue weighted by atomic mass is 35.6. The third-order valence-corrected chi connectivity index (χ3v) is 3.76. The number of hydrogen-bond donors (Lipinski definition) is 1. The highest BCUT2D eigenvalue weighted by Gasteiger charge is 2.28. The standard InChI is InChI=1S/C16H14Cl3NO4/c1-9(7-20-15(23)24-8-16(17,18)19)12-6-13(21)10-4-2-3-5-11(10)14(12)22/h2-6,9H,7-8H2,1H3,(H,20,23). The fraction of sp³-hybridized carbons (Fsp3) is 0.312. The Balaban J connectivity index is 1.98. The minimum absolute atomic E-state index is 0.103. The number of halogens is 3. The zero-order valence-corrected chi connectivity index (χ0v) is 14.9. The normalized spacial score (nSPS) is 15.4. The number of ether oxygens (including phenoxy) is 1. The molecular formula is C16H14Cl3NO4. The second-order valence-corrected chi connectivity index (χ2v) is 7.83. The van der Waals surface area contributed by atoms with Gasteiger partial charge in [0.2, 0.25) is 3.79 Å². The summed E-state index contributed by atoms with van der Waals surface area (Å²) in [4.78, 5) is 36.1. The lowest BCUT2D eigenvalue weighted by molar-refractivity contribution is 0.0975. The Bertz CT molecular complexity index is 710. The SMILES string of the molecule is CC(CNC(=O)OCC(Cl)(Cl)Cl)C1=CC(=O)c2ccccc2C1=O. The largest absolute Gasteiger partial charge is 0.445 e. The van der Waals surface area contributed by atoms with Crippen LogP contribution in [0.25, 0.3) is 0 Å². The number of hydrogen-bond acceptors (Lipinski definition) is 4. The van der Waals surface area contributed by atoms with Gasteiger partial charge in [-0.05, 0) is 6.08 Å². The Kier molecular flexibility index (Phi) is 5.91. The van der Waals surface area contributed by atoms with Crippen LogP contribution in [0.4, 0.5) is 4.79 Å². The fourth-order valence-electron chi connectivity index (χ4n) is 2.25. The molecule has 8 heteroatoms. The quantitative estimate of drug-likeness (QED) is 0.795. The molecule has 0 aromatic heterocycles. The molecule has 1 aliphatic rings. The summed E-state index contributed by atoms with van der Waals surface area (Å²) in [6.07, 6.45) is 0.535. The van der Waals surface area contributed by atoms with Crippen LogP contribution in [0, 0.1) is 5.92 Å². The van der Waals surface area contributed by atoms with Gasteiger partial charge in [0.15, 0.2) is 11.6 Å². The van der Waals surface area contributed by atoms with Crippen molar-refractivity contribution in [3.8, 4) is 0 Å². The van der Waals surface area contributed by atoms with Gasteiger partial charge in [0.1, 0.15) is 6.61 Å². The number of alkyl halides is 3. The number of allylic oxidation sites excluding steroid dienone is 1. The van der Waals surface area contributed by atoms with Crippen molar-refractivity contribution >= 4 is 52.5 Å². The Labute approximate surface area is 153 Å². The molecule has 0 heterocycles. The van der Waals surface area contributed by atoms with Crippen molar-refractivity contribution in [2.24, 2.45) is 5.92 Å². The monoisotopic (exact) mass is 389 g/mol. The van der Waals surface area contributed by atoms with E-state index in [1.165, 1.54) is 6.08 Å². The number of Topliss-reactive ketones (excluding diaryl/α,β-unsaturated/α-hetero) is 1. The first kappa shape index (κ1) is 18.8. The smallest absolute Gasteiger partial charge is 0.407 e. The summed E-state index contributed by atoms with van der Waals surface area (Å²) in [6.45, 7) is 1.43. The number of alkyl carbamates (subject to hydrolysis) is 1. The number of nitrogens with one attached hydrogen (secondary N) is 1. The maximum Gasteiger partial charge on any atom is 0.407 e. The first-order chi connectivity index (χ1) is 11.2. The predicted molar refractivity (Wildman–Crippen MR) is 92.0 cm³/mol. The molecule has 2 rings (SSSR count). The number of carbonyl (C=O) groups is 3. The van der Waals surface area contributed by atoms with Crippen LogP contribution in [-0.2, 0) is 4.74 Å². The molecule has 1 unspecified atom stereocenters. The number of rotatable bonds is 4. The molecule has 0 spiro atoms. The Morgan fingerprint density at radius 1 is 1.21 bits per heavy atom. The molecule has 0 saturated carbocycles. The molecule has 0 bridgehead atoms. The molecule has 0 radical (unpaired) electrons. The molecule has 0 aliphatic heterocycles. The van der Waals surface area contributed by atoms with Crippen molar-refractivity contribution in [2.75, 3.05) is 13.2 Å². The van der Waals surface area contributed by atoms with Gasteiger partial charge in [-0.3, -0.25) is 9.59 Å². The lowest BCUT2D eigenvalue weighted by atomic mass is 9.84. The van der Waals surface area contributed by atoms with E-state index in [0.29, 0.717) is 16.7 Å². The molecule has 0 fully saturated rings. The van der Waals surface area contributed by atoms with Gasteiger partial charge >= 0.3 is 6.09 Å². The third kappa shape index (κ3) is 4.72. The van der Waals surface area contributed by atoms with Gasteiger partial charge in [-0.25, -0.2) is 4.79 Å². The zero-order chi connectivity index (χ0) is 17.9. The van der Waals surface area contributed by atoms with Gasteiger partial charge in [-0.15, -0.1) is 0 Å². The first-order valence-electron chi connectivity index (χ1n) is 7.06. The lowest BCUT2D eigenvalue weighted by Gasteiger charge is -2.20. The van der Waals surface area contributed by atoms with Gasteiger partial charge in [-0.1, -0.05) is 66.0 Å². The summed E-state index contributed by atoms with van der Waals surface area (Å²) >= 11 is 16.4. The maximum absolute atomic E-state index is 12.5. The molecule has 0 saturated heterocycles. The van der Waals surface area contributed by atoms with E-state index in [1.807, 2.05) is 0 Å². The molecular weight excluding hydrogens is 377 g/mol. The van der Waals surface area contributed by atoms with Crippen molar-refractivity contribution in [1.82, 2.24) is 5.32 Å². The van der Waals surface area contributed by atoms with E-state index in [1.54, 1.807) is 31.2 Å². The molecule has 5 nitrogen and oxygen atoms in total. The van der Waals surface area contributed by atoms with E-state index in [0.717, 1.165) is 0 Å². The van der Waals surface area contributed by atoms with E-state index < -0.39 is 16.5 Å². The molecule has 1 aromatic rings. The molecule has 1 atom stereocenters. The predicted octanol–water partition coefficient (Wildman–Crippen LogP) is 3.72. The Hall–Kier alpha value is -1.56. The van der Waals surface area contributed by atoms with Crippen LogP contribution in [-0.4, -0.2) is 34.6 Å². The van der Waals surface area contributed by atoms with Crippen LogP contribution in [0.15, 0.2) is 35.9 Å². The van der Waals surface area contributed by atoms with Crippen molar-refractivity contribution in [1.29, 1.82) is 0 Å². The fourth-order valence-corrected chi connectivity index (χ4v) is 2.41. The molecule has 24 heavy (non-hydrogen) atoms. The summed E-state index contributed by atoms with van der Waals surface area (Å²) in [6, 6.07) is 6.62. The second-order valence-electron chi connectivity index (χ2n) is 5.31. The van der Waals surface area contributed by atoms with E-state index >= 15 is 0 Å². The highest BCUT2D eigenvalue weighted by Crippen LogP contribution is 2.26. The zero-order valence-electron chi connectivity index (χ0n) is 12.6. The number of fused-ring (bicyclic) bond motifs is 1. The summed E-state index contributed by atoms with van der Waals surface area (Å²) in [5.74, 6) is -0.838. The second kappa shape index (κ2) is 7.55. The molecule has 1 amide bonds. The van der Waals surface area contributed by atoms with Crippen molar-refractivity contribution in [3.63, 3.8) is 0 Å². The van der Waals surface area contributed by atoms with Gasteiger partial charge in [0.25, 0.3) is 0 Å². The summed E-state index contributed by atoms with van der Waals surface area (Å²) in [5.41, 5.74) is 1.08. The van der Waals surface area contributed by atoms with E-state index in [4.69, 9.17) is 39.5 Å². The van der Waals surface area contributed by atoms with E-state index in [2.05, 4.69) is 5.32 Å². The van der Waals surface area contributed by atoms with Gasteiger partial charge in [0.05, 0.1) is 0 Å². The van der Waals surface area contributed by atoms with Crippen LogP contribution < -0.4 is 5.32 Å². The lowest BCUT2D eigenvalue weighted by Crippen LogP contribution is -2.33. The van der Waals surface area contributed by atoms with Crippen LogP contribution in [0.5, 0.6) is 0 Å². The number of benzene rings is 1. The van der Waals surface area contributed by atoms with Crippen molar-refractivity contribution in [2.45, 2.75) is 10.7 Å².